The molecule has 1 saturated heterocycles. The first-order valence-corrected chi connectivity index (χ1v) is 8.53. The van der Waals surface area contributed by atoms with Gasteiger partial charge < -0.3 is 4.90 Å². The van der Waals surface area contributed by atoms with E-state index in [1.165, 1.54) is 17.6 Å². The molecule has 3 rings (SSSR count). The number of hydrogen-bond acceptors (Lipinski definition) is 1. The van der Waals surface area contributed by atoms with E-state index in [1.54, 1.807) is 0 Å². The molecule has 0 bridgehead atoms. The molecule has 2 aliphatic rings. The van der Waals surface area contributed by atoms with E-state index in [9.17, 15) is 4.79 Å². The van der Waals surface area contributed by atoms with E-state index >= 15 is 0 Å². The van der Waals surface area contributed by atoms with Gasteiger partial charge in [-0.1, -0.05) is 41.5 Å². The van der Waals surface area contributed by atoms with Crippen molar-refractivity contribution >= 4 is 17.5 Å². The predicted molar refractivity (Wildman–Crippen MR) is 91.0 cm³/mol. The number of likely N-dealkylation sites (tertiary alicyclic amines) is 1. The Bertz CT molecular complexity index is 612. The molecule has 0 spiro atoms. The van der Waals surface area contributed by atoms with Crippen LogP contribution in [0.5, 0.6) is 0 Å². The molecule has 0 saturated carbocycles. The molecule has 1 amide bonds. The third-order valence-electron chi connectivity index (χ3n) is 4.40. The van der Waals surface area contributed by atoms with E-state index in [-0.39, 0.29) is 5.91 Å². The van der Waals surface area contributed by atoms with Gasteiger partial charge in [0.15, 0.2) is 0 Å². The number of halogens is 1. The molecule has 0 radical (unpaired) electrons. The molecule has 2 nitrogen and oxygen atoms in total. The van der Waals surface area contributed by atoms with Crippen molar-refractivity contribution in [2.75, 3.05) is 13.1 Å². The van der Waals surface area contributed by atoms with Gasteiger partial charge in [0.1, 0.15) is 0 Å². The van der Waals surface area contributed by atoms with Crippen molar-refractivity contribution in [3.63, 3.8) is 0 Å². The number of rotatable bonds is 3. The minimum Gasteiger partial charge on any atom is -0.339 e. The topological polar surface area (TPSA) is 20.3 Å². The first-order valence-electron chi connectivity index (χ1n) is 8.16. The van der Waals surface area contributed by atoms with Crippen LogP contribution in [0.15, 0.2) is 47.6 Å². The van der Waals surface area contributed by atoms with Gasteiger partial charge in [0.05, 0.1) is 0 Å². The molecule has 1 fully saturated rings. The molecule has 1 aliphatic heterocycles. The van der Waals surface area contributed by atoms with E-state index < -0.39 is 0 Å². The zero-order valence-corrected chi connectivity index (χ0v) is 13.6. The van der Waals surface area contributed by atoms with Crippen LogP contribution < -0.4 is 0 Å². The fourth-order valence-corrected chi connectivity index (χ4v) is 3.45. The fourth-order valence-electron chi connectivity index (χ4n) is 3.24. The Morgan fingerprint density at radius 2 is 2.00 bits per heavy atom. The average molecular weight is 316 g/mol. The summed E-state index contributed by atoms with van der Waals surface area (Å²) in [6.45, 7) is 1.82. The SMILES string of the molecule is O=C(C1=CCCC(Cc2cccc(Cl)c2)=C1)N1CCCCC1. The van der Waals surface area contributed by atoms with E-state index in [0.717, 1.165) is 55.8 Å². The summed E-state index contributed by atoms with van der Waals surface area (Å²) in [7, 11) is 0. The molecule has 0 unspecified atom stereocenters. The van der Waals surface area contributed by atoms with Crippen LogP contribution in [-0.2, 0) is 11.2 Å². The summed E-state index contributed by atoms with van der Waals surface area (Å²) in [4.78, 5) is 14.6. The van der Waals surface area contributed by atoms with Gasteiger partial charge in [0.2, 0.25) is 0 Å². The number of carbonyl (C=O) groups excluding carboxylic acids is 1. The lowest BCUT2D eigenvalue weighted by atomic mass is 9.93. The van der Waals surface area contributed by atoms with Crippen LogP contribution in [0.2, 0.25) is 5.02 Å². The standard InChI is InChI=1S/C19H22ClNO/c20-18-9-5-7-16(14-18)12-15-6-4-8-17(13-15)19(22)21-10-2-1-3-11-21/h5,7-9,13-14H,1-4,6,10-12H2. The highest BCUT2D eigenvalue weighted by molar-refractivity contribution is 6.30. The van der Waals surface area contributed by atoms with Gasteiger partial charge in [-0.2, -0.15) is 0 Å². The van der Waals surface area contributed by atoms with Crippen molar-refractivity contribution in [1.82, 2.24) is 4.90 Å². The first kappa shape index (κ1) is 15.4. The first-order chi connectivity index (χ1) is 10.7. The van der Waals surface area contributed by atoms with Crippen LogP contribution in [0.1, 0.15) is 37.7 Å². The van der Waals surface area contributed by atoms with E-state index in [4.69, 9.17) is 11.6 Å². The number of piperidine rings is 1. The van der Waals surface area contributed by atoms with Gasteiger partial charge in [-0.05, 0) is 56.2 Å². The summed E-state index contributed by atoms with van der Waals surface area (Å²) in [6, 6.07) is 7.98. The molecule has 3 heteroatoms. The summed E-state index contributed by atoms with van der Waals surface area (Å²) < 4.78 is 0. The number of allylic oxidation sites excluding steroid dienone is 2. The third-order valence-corrected chi connectivity index (χ3v) is 4.63. The van der Waals surface area contributed by atoms with Gasteiger partial charge in [0, 0.05) is 23.7 Å². The highest BCUT2D eigenvalue weighted by Gasteiger charge is 2.20. The Morgan fingerprint density at radius 3 is 2.77 bits per heavy atom. The molecule has 1 aliphatic carbocycles. The number of amides is 1. The van der Waals surface area contributed by atoms with E-state index in [2.05, 4.69) is 18.2 Å². The van der Waals surface area contributed by atoms with Crippen molar-refractivity contribution in [1.29, 1.82) is 0 Å². The lowest BCUT2D eigenvalue weighted by molar-refractivity contribution is -0.127. The largest absolute Gasteiger partial charge is 0.339 e. The predicted octanol–water partition coefficient (Wildman–Crippen LogP) is 4.54. The maximum atomic E-state index is 12.6. The minimum absolute atomic E-state index is 0.211. The third kappa shape index (κ3) is 3.80. The molecule has 0 atom stereocenters. The Balaban J connectivity index is 1.70. The summed E-state index contributed by atoms with van der Waals surface area (Å²) in [5.41, 5.74) is 3.42. The molecule has 0 aromatic heterocycles. The highest BCUT2D eigenvalue weighted by Crippen LogP contribution is 2.24. The number of hydrogen-bond donors (Lipinski definition) is 0. The number of nitrogens with zero attached hydrogens (tertiary/aromatic N) is 1. The average Bonchev–Trinajstić information content (AvgIpc) is 2.55. The fraction of sp³-hybridized carbons (Fsp3) is 0.421. The molecule has 0 N–H and O–H groups in total. The van der Waals surface area contributed by atoms with Crippen molar-refractivity contribution in [3.8, 4) is 0 Å². The van der Waals surface area contributed by atoms with Gasteiger partial charge in [-0.25, -0.2) is 0 Å². The minimum atomic E-state index is 0.211. The lowest BCUT2D eigenvalue weighted by Crippen LogP contribution is -2.36. The van der Waals surface area contributed by atoms with Crippen molar-refractivity contribution in [2.45, 2.75) is 38.5 Å². The molecule has 116 valence electrons. The van der Waals surface area contributed by atoms with Crippen LogP contribution in [0.3, 0.4) is 0 Å². The Labute approximate surface area is 137 Å². The van der Waals surface area contributed by atoms with Crippen LogP contribution >= 0.6 is 11.6 Å². The quantitative estimate of drug-likeness (QED) is 0.801. The molecule has 1 heterocycles. The summed E-state index contributed by atoms with van der Waals surface area (Å²) >= 11 is 6.05. The van der Waals surface area contributed by atoms with Gasteiger partial charge >= 0.3 is 0 Å². The summed E-state index contributed by atoms with van der Waals surface area (Å²) in [5.74, 6) is 0.211. The van der Waals surface area contributed by atoms with Crippen molar-refractivity contribution < 1.29 is 4.79 Å². The van der Waals surface area contributed by atoms with Crippen molar-refractivity contribution in [2.24, 2.45) is 0 Å². The second-order valence-corrected chi connectivity index (χ2v) is 6.60. The molecule has 1 aromatic rings. The molecule has 1 aromatic carbocycles. The maximum absolute atomic E-state index is 12.6. The normalized spacial score (nSPS) is 18.7. The molecular formula is C19H22ClNO. The summed E-state index contributed by atoms with van der Waals surface area (Å²) in [6.07, 6.45) is 10.6. The molecular weight excluding hydrogens is 294 g/mol. The van der Waals surface area contributed by atoms with E-state index in [1.807, 2.05) is 23.1 Å². The zero-order chi connectivity index (χ0) is 15.4. The van der Waals surface area contributed by atoms with Gasteiger partial charge in [-0.3, -0.25) is 4.79 Å². The smallest absolute Gasteiger partial charge is 0.253 e. The number of benzene rings is 1. The Morgan fingerprint density at radius 1 is 1.18 bits per heavy atom. The maximum Gasteiger partial charge on any atom is 0.253 e. The number of carbonyl (C=O) groups is 1. The highest BCUT2D eigenvalue weighted by atomic mass is 35.5. The molecule has 22 heavy (non-hydrogen) atoms. The van der Waals surface area contributed by atoms with Crippen LogP contribution in [-0.4, -0.2) is 23.9 Å². The monoisotopic (exact) mass is 315 g/mol. The van der Waals surface area contributed by atoms with Crippen LogP contribution in [0.25, 0.3) is 0 Å². The second-order valence-electron chi connectivity index (χ2n) is 6.16. The zero-order valence-electron chi connectivity index (χ0n) is 12.9. The lowest BCUT2D eigenvalue weighted by Gasteiger charge is -2.28. The van der Waals surface area contributed by atoms with Gasteiger partial charge in [0.25, 0.3) is 5.91 Å². The van der Waals surface area contributed by atoms with E-state index in [0.29, 0.717) is 0 Å². The summed E-state index contributed by atoms with van der Waals surface area (Å²) in [5, 5.41) is 0.772. The van der Waals surface area contributed by atoms with Crippen LogP contribution in [0, 0.1) is 0 Å². The van der Waals surface area contributed by atoms with Crippen LogP contribution in [0.4, 0.5) is 0 Å². The second kappa shape index (κ2) is 7.15. The Hall–Kier alpha value is -1.54. The van der Waals surface area contributed by atoms with Crippen molar-refractivity contribution in [3.05, 3.63) is 58.1 Å². The van der Waals surface area contributed by atoms with Gasteiger partial charge in [-0.15, -0.1) is 0 Å². The Kier molecular flexibility index (Phi) is 4.99.